The predicted molar refractivity (Wildman–Crippen MR) is 93.9 cm³/mol. The van der Waals surface area contributed by atoms with Crippen molar-refractivity contribution < 1.29 is 4.79 Å². The lowest BCUT2D eigenvalue weighted by atomic mass is 9.91. The van der Waals surface area contributed by atoms with Crippen LogP contribution in [0.15, 0.2) is 36.5 Å². The van der Waals surface area contributed by atoms with Crippen molar-refractivity contribution in [3.63, 3.8) is 0 Å². The number of hydrogen-bond donors (Lipinski definition) is 0. The van der Waals surface area contributed by atoms with E-state index in [0.29, 0.717) is 11.8 Å². The molecule has 24 heavy (non-hydrogen) atoms. The van der Waals surface area contributed by atoms with Gasteiger partial charge in [0, 0.05) is 32.3 Å². The lowest BCUT2D eigenvalue weighted by Gasteiger charge is -2.35. The Kier molecular flexibility index (Phi) is 3.70. The highest BCUT2D eigenvalue weighted by atomic mass is 16.2. The highest BCUT2D eigenvalue weighted by molar-refractivity contribution is 5.91. The third kappa shape index (κ3) is 2.54. The molecule has 0 unspecified atom stereocenters. The van der Waals surface area contributed by atoms with Crippen LogP contribution in [0.25, 0.3) is 0 Å². The van der Waals surface area contributed by atoms with E-state index >= 15 is 0 Å². The number of imidazole rings is 1. The monoisotopic (exact) mass is 323 g/mol. The van der Waals surface area contributed by atoms with Crippen LogP contribution in [0.4, 0.5) is 0 Å². The summed E-state index contributed by atoms with van der Waals surface area (Å²) in [5, 5.41) is 0. The predicted octanol–water partition coefficient (Wildman–Crippen LogP) is 3.17. The Morgan fingerprint density at radius 1 is 1.25 bits per heavy atom. The summed E-state index contributed by atoms with van der Waals surface area (Å²) in [6.07, 6.45) is 6.22. The van der Waals surface area contributed by atoms with Crippen LogP contribution in [-0.4, -0.2) is 33.4 Å². The number of carbonyl (C=O) groups excluding carboxylic acids is 1. The van der Waals surface area contributed by atoms with E-state index in [1.807, 2.05) is 25.1 Å². The molecule has 0 bridgehead atoms. The van der Waals surface area contributed by atoms with Gasteiger partial charge in [0.1, 0.15) is 5.82 Å². The normalized spacial score (nSPS) is 22.4. The molecule has 2 aromatic rings. The number of carbonyl (C=O) groups is 1. The summed E-state index contributed by atoms with van der Waals surface area (Å²) in [6.45, 7) is 3.72. The van der Waals surface area contributed by atoms with Crippen LogP contribution in [0.3, 0.4) is 0 Å². The highest BCUT2D eigenvalue weighted by Gasteiger charge is 2.53. The van der Waals surface area contributed by atoms with E-state index in [9.17, 15) is 4.79 Å². The Morgan fingerprint density at radius 2 is 2.00 bits per heavy atom. The van der Waals surface area contributed by atoms with Gasteiger partial charge in [-0.25, -0.2) is 4.98 Å². The number of rotatable bonds is 3. The molecule has 1 aromatic carbocycles. The van der Waals surface area contributed by atoms with Crippen molar-refractivity contribution in [3.05, 3.63) is 53.6 Å². The van der Waals surface area contributed by atoms with Crippen LogP contribution in [0.1, 0.15) is 48.7 Å². The van der Waals surface area contributed by atoms with Gasteiger partial charge in [-0.3, -0.25) is 4.79 Å². The Balaban J connectivity index is 1.54. The fourth-order valence-electron chi connectivity index (χ4n) is 4.20. The summed E-state index contributed by atoms with van der Waals surface area (Å²) in [5.41, 5.74) is 1.99. The second-order valence-electron chi connectivity index (χ2n) is 7.39. The van der Waals surface area contributed by atoms with E-state index < -0.39 is 0 Å². The first-order chi connectivity index (χ1) is 11.6. The number of hydrogen-bond acceptors (Lipinski definition) is 2. The first kappa shape index (κ1) is 15.4. The minimum absolute atomic E-state index is 0.249. The number of amides is 1. The molecule has 1 amide bonds. The van der Waals surface area contributed by atoms with Crippen molar-refractivity contribution in [2.75, 3.05) is 13.1 Å². The fraction of sp³-hybridized carbons (Fsp3) is 0.500. The van der Waals surface area contributed by atoms with E-state index in [1.165, 1.54) is 5.56 Å². The molecule has 4 nitrogen and oxygen atoms in total. The van der Waals surface area contributed by atoms with Gasteiger partial charge in [0.2, 0.25) is 5.91 Å². The van der Waals surface area contributed by atoms with Gasteiger partial charge >= 0.3 is 0 Å². The maximum atomic E-state index is 13.2. The summed E-state index contributed by atoms with van der Waals surface area (Å²) in [4.78, 5) is 20.0. The fourth-order valence-corrected chi connectivity index (χ4v) is 4.20. The Labute approximate surface area is 143 Å². The van der Waals surface area contributed by atoms with Crippen molar-refractivity contribution in [1.29, 1.82) is 0 Å². The zero-order chi connectivity index (χ0) is 16.7. The number of aryl methyl sites for hydroxylation is 2. The van der Waals surface area contributed by atoms with Gasteiger partial charge < -0.3 is 9.47 Å². The number of piperidine rings is 1. The first-order valence-electron chi connectivity index (χ1n) is 8.95. The number of aromatic nitrogens is 2. The average molecular weight is 323 g/mol. The van der Waals surface area contributed by atoms with E-state index in [1.54, 1.807) is 0 Å². The summed E-state index contributed by atoms with van der Waals surface area (Å²) in [7, 11) is 2.06. The zero-order valence-corrected chi connectivity index (χ0v) is 14.5. The van der Waals surface area contributed by atoms with Crippen molar-refractivity contribution >= 4 is 5.91 Å². The second kappa shape index (κ2) is 5.76. The van der Waals surface area contributed by atoms with Gasteiger partial charge in [-0.15, -0.1) is 0 Å². The quantitative estimate of drug-likeness (QED) is 0.870. The van der Waals surface area contributed by atoms with Gasteiger partial charge in [-0.2, -0.15) is 0 Å². The molecule has 2 heterocycles. The van der Waals surface area contributed by atoms with Gasteiger partial charge in [0.15, 0.2) is 0 Å². The summed E-state index contributed by atoms with van der Waals surface area (Å²) >= 11 is 0. The molecule has 0 spiro atoms. The molecule has 126 valence electrons. The summed E-state index contributed by atoms with van der Waals surface area (Å²) in [5.74, 6) is 1.80. The molecule has 2 fully saturated rings. The third-order valence-electron chi connectivity index (χ3n) is 5.59. The lowest BCUT2D eigenvalue weighted by Crippen LogP contribution is -2.44. The molecule has 0 radical (unpaired) electrons. The van der Waals surface area contributed by atoms with E-state index in [-0.39, 0.29) is 5.41 Å². The molecule has 1 atom stereocenters. The number of nitrogens with zero attached hydrogens (tertiary/aromatic N) is 3. The third-order valence-corrected chi connectivity index (χ3v) is 5.59. The Morgan fingerprint density at radius 3 is 2.62 bits per heavy atom. The highest BCUT2D eigenvalue weighted by Crippen LogP contribution is 2.50. The SMILES string of the molecule is Cc1cn(C)c([C@@H]2CCCN(C(=O)C3(c4ccccc4)CC3)C2)n1. The second-order valence-corrected chi connectivity index (χ2v) is 7.39. The maximum absolute atomic E-state index is 13.2. The van der Waals surface area contributed by atoms with Crippen LogP contribution in [0, 0.1) is 6.92 Å². The summed E-state index contributed by atoms with van der Waals surface area (Å²) in [6, 6.07) is 10.3. The molecule has 1 aromatic heterocycles. The van der Waals surface area contributed by atoms with Gasteiger partial charge in [-0.1, -0.05) is 30.3 Å². The molecule has 4 heteroatoms. The minimum Gasteiger partial charge on any atom is -0.341 e. The van der Waals surface area contributed by atoms with Crippen molar-refractivity contribution in [2.24, 2.45) is 7.05 Å². The molecule has 2 aliphatic rings. The molecule has 1 saturated carbocycles. The Bertz CT molecular complexity index is 745. The van der Waals surface area contributed by atoms with Crippen molar-refractivity contribution in [3.8, 4) is 0 Å². The zero-order valence-electron chi connectivity index (χ0n) is 14.5. The average Bonchev–Trinajstić information content (AvgIpc) is 3.35. The van der Waals surface area contributed by atoms with E-state index in [2.05, 4.69) is 39.8 Å². The van der Waals surface area contributed by atoms with Crippen LogP contribution >= 0.6 is 0 Å². The van der Waals surface area contributed by atoms with Crippen molar-refractivity contribution in [2.45, 2.75) is 43.9 Å². The molecule has 4 rings (SSSR count). The van der Waals surface area contributed by atoms with Crippen LogP contribution in [-0.2, 0) is 17.3 Å². The topological polar surface area (TPSA) is 38.1 Å². The van der Waals surface area contributed by atoms with E-state index in [4.69, 9.17) is 0 Å². The van der Waals surface area contributed by atoms with Crippen LogP contribution < -0.4 is 0 Å². The molecule has 1 aliphatic carbocycles. The van der Waals surface area contributed by atoms with Crippen LogP contribution in [0.5, 0.6) is 0 Å². The molecule has 0 N–H and O–H groups in total. The smallest absolute Gasteiger partial charge is 0.233 e. The first-order valence-corrected chi connectivity index (χ1v) is 8.95. The molecular formula is C20H25N3O. The number of likely N-dealkylation sites (tertiary alicyclic amines) is 1. The standard InChI is InChI=1S/C20H25N3O/c1-15-13-22(2)18(21-15)16-7-6-12-23(14-16)19(24)20(10-11-20)17-8-4-3-5-9-17/h3-5,8-9,13,16H,6-7,10-12,14H2,1-2H3/t16-/m1/s1. The summed E-state index contributed by atoms with van der Waals surface area (Å²) < 4.78 is 2.12. The minimum atomic E-state index is -0.249. The lowest BCUT2D eigenvalue weighted by molar-refractivity contribution is -0.135. The number of benzene rings is 1. The van der Waals surface area contributed by atoms with Gasteiger partial charge in [0.25, 0.3) is 0 Å². The maximum Gasteiger partial charge on any atom is 0.233 e. The molecular weight excluding hydrogens is 298 g/mol. The van der Waals surface area contributed by atoms with Crippen LogP contribution in [0.2, 0.25) is 0 Å². The molecule has 1 saturated heterocycles. The molecule has 1 aliphatic heterocycles. The van der Waals surface area contributed by atoms with Gasteiger partial charge in [-0.05, 0) is 38.2 Å². The largest absolute Gasteiger partial charge is 0.341 e. The van der Waals surface area contributed by atoms with E-state index in [0.717, 1.165) is 50.3 Å². The van der Waals surface area contributed by atoms with Gasteiger partial charge in [0.05, 0.1) is 11.1 Å². The van der Waals surface area contributed by atoms with Crippen molar-refractivity contribution in [1.82, 2.24) is 14.5 Å². The Hall–Kier alpha value is -2.10.